The second-order valence-electron chi connectivity index (χ2n) is 7.38. The smallest absolute Gasteiger partial charge is 0.230 e. The van der Waals surface area contributed by atoms with E-state index in [1.807, 2.05) is 12.1 Å². The summed E-state index contributed by atoms with van der Waals surface area (Å²) in [5.41, 5.74) is 1.50. The third-order valence-electron chi connectivity index (χ3n) is 3.52. The van der Waals surface area contributed by atoms with Crippen molar-refractivity contribution in [1.29, 1.82) is 0 Å². The maximum absolute atomic E-state index is 3.09. The zero-order valence-corrected chi connectivity index (χ0v) is 17.0. The van der Waals surface area contributed by atoms with E-state index >= 15 is 0 Å². The molecule has 21 heavy (non-hydrogen) atoms. The van der Waals surface area contributed by atoms with Crippen LogP contribution in [0, 0.1) is 6.07 Å². The molecule has 0 aliphatic rings. The minimum atomic E-state index is 0. The molecule has 0 aliphatic heterocycles. The number of hydrogen-bond acceptors (Lipinski definition) is 0. The monoisotopic (exact) mass is 359 g/mol. The van der Waals surface area contributed by atoms with Crippen LogP contribution in [-0.2, 0) is 50.2 Å². The molecule has 1 aromatic carbocycles. The number of benzene rings is 1. The molecule has 3 heteroatoms. The van der Waals surface area contributed by atoms with Crippen LogP contribution in [0.5, 0.6) is 0 Å². The molecule has 2 rings (SSSR count). The van der Waals surface area contributed by atoms with Crippen LogP contribution in [0.2, 0.25) is 0 Å². The van der Waals surface area contributed by atoms with Crippen LogP contribution in [0.1, 0.15) is 52.9 Å². The van der Waals surface area contributed by atoms with Gasteiger partial charge >= 0.3 is 0 Å². The molecule has 0 fully saturated rings. The number of imidazole rings is 1. The summed E-state index contributed by atoms with van der Waals surface area (Å²) in [4.78, 5) is 0. The van der Waals surface area contributed by atoms with Gasteiger partial charge in [-0.05, 0) is 41.5 Å². The fourth-order valence-corrected chi connectivity index (χ4v) is 2.54. The van der Waals surface area contributed by atoms with E-state index in [1.165, 1.54) is 11.4 Å². The summed E-state index contributed by atoms with van der Waals surface area (Å²) in [6.45, 7) is 13.5. The van der Waals surface area contributed by atoms with Crippen LogP contribution < -0.4 is 4.57 Å². The zero-order valence-electron chi connectivity index (χ0n) is 14.1. The van der Waals surface area contributed by atoms with Gasteiger partial charge in [-0.1, -0.05) is 0 Å². The van der Waals surface area contributed by atoms with Crippen LogP contribution in [0.25, 0.3) is 0 Å². The van der Waals surface area contributed by atoms with Gasteiger partial charge in [-0.3, -0.25) is 0 Å². The molecule has 0 unspecified atom stereocenters. The predicted octanol–water partition coefficient (Wildman–Crippen LogP) is 3.67. The number of nitrogens with zero attached hydrogens (tertiary/aromatic N) is 2. The van der Waals surface area contributed by atoms with E-state index in [1.54, 1.807) is 0 Å². The van der Waals surface area contributed by atoms with Gasteiger partial charge in [0.2, 0.25) is 0 Å². The zero-order chi connectivity index (χ0) is 15.0. The normalized spacial score (nSPS) is 12.1. The largest absolute Gasteiger partial charge is 0.259 e. The average molecular weight is 359 g/mol. The van der Waals surface area contributed by atoms with Crippen molar-refractivity contribution >= 4 is 0 Å². The van der Waals surface area contributed by atoms with E-state index in [4.69, 9.17) is 0 Å². The molecular formula is C18H26N2Y. The first-order valence-electron chi connectivity index (χ1n) is 7.27. The molecule has 0 aliphatic carbocycles. The maximum atomic E-state index is 3.09. The van der Waals surface area contributed by atoms with Crippen molar-refractivity contribution in [3.63, 3.8) is 0 Å². The van der Waals surface area contributed by atoms with E-state index in [9.17, 15) is 0 Å². The van der Waals surface area contributed by atoms with Gasteiger partial charge in [0, 0.05) is 32.7 Å². The number of aromatic nitrogens is 2. The maximum Gasteiger partial charge on any atom is 0.259 e. The van der Waals surface area contributed by atoms with E-state index in [2.05, 4.69) is 81.3 Å². The fraction of sp³-hybridized carbons (Fsp3) is 0.500. The van der Waals surface area contributed by atoms with Gasteiger partial charge in [-0.25, -0.2) is 9.13 Å². The topological polar surface area (TPSA) is 8.81 Å². The molecule has 2 aromatic rings. The van der Waals surface area contributed by atoms with Crippen molar-refractivity contribution in [3.8, 4) is 0 Å². The third-order valence-corrected chi connectivity index (χ3v) is 3.52. The molecule has 0 saturated carbocycles. The van der Waals surface area contributed by atoms with Gasteiger partial charge in [0.25, 0.3) is 5.82 Å². The first-order valence-corrected chi connectivity index (χ1v) is 7.27. The van der Waals surface area contributed by atoms with Crippen LogP contribution in [0.3, 0.4) is 0 Å². The summed E-state index contributed by atoms with van der Waals surface area (Å²) in [5.74, 6) is 1.34. The van der Waals surface area contributed by atoms with Gasteiger partial charge < -0.3 is 0 Å². The molecule has 0 amide bonds. The first kappa shape index (κ1) is 18.6. The van der Waals surface area contributed by atoms with E-state index in [0.29, 0.717) is 0 Å². The fourth-order valence-electron chi connectivity index (χ4n) is 2.54. The molecular weight excluding hydrogens is 333 g/mol. The van der Waals surface area contributed by atoms with E-state index in [-0.39, 0.29) is 43.8 Å². The Morgan fingerprint density at radius 2 is 1.62 bits per heavy atom. The van der Waals surface area contributed by atoms with Gasteiger partial charge in [-0.15, -0.1) is 5.56 Å². The van der Waals surface area contributed by atoms with Crippen LogP contribution in [-0.4, -0.2) is 4.57 Å². The Hall–Kier alpha value is -0.466. The molecule has 2 nitrogen and oxygen atoms in total. The Bertz CT molecular complexity index is 540. The van der Waals surface area contributed by atoms with Gasteiger partial charge in [-0.2, -0.15) is 30.3 Å². The molecule has 0 saturated heterocycles. The molecule has 1 heterocycles. The Labute approximate surface area is 154 Å². The van der Waals surface area contributed by atoms with E-state index < -0.39 is 0 Å². The Morgan fingerprint density at radius 3 is 2.10 bits per heavy atom. The predicted molar refractivity (Wildman–Crippen MR) is 82.7 cm³/mol. The van der Waals surface area contributed by atoms with Crippen molar-refractivity contribution in [2.75, 3.05) is 0 Å². The standard InChI is InChI=1S/C18H26N2.Y/c1-17(2,3)19-12-13-20(18(4,5)6)16(19)14-15-10-8-7-9-11-15;/h8-13H,14H2,1-6H3;. The Morgan fingerprint density at radius 1 is 1.05 bits per heavy atom. The minimum Gasteiger partial charge on any atom is -0.230 e. The van der Waals surface area contributed by atoms with Gasteiger partial charge in [0.15, 0.2) is 0 Å². The molecule has 0 N–H and O–H groups in total. The quantitative estimate of drug-likeness (QED) is 0.572. The summed E-state index contributed by atoms with van der Waals surface area (Å²) in [6.07, 6.45) is 5.35. The average Bonchev–Trinajstić information content (AvgIpc) is 2.73. The van der Waals surface area contributed by atoms with E-state index in [0.717, 1.165) is 6.42 Å². The van der Waals surface area contributed by atoms with Gasteiger partial charge in [0.05, 0.1) is 6.42 Å². The third kappa shape index (κ3) is 4.50. The Balaban J connectivity index is 0.00000220. The molecule has 111 valence electrons. The summed E-state index contributed by atoms with van der Waals surface area (Å²) < 4.78 is 4.77. The van der Waals surface area contributed by atoms with Crippen molar-refractivity contribution in [3.05, 3.63) is 54.1 Å². The van der Waals surface area contributed by atoms with Crippen molar-refractivity contribution < 1.29 is 37.3 Å². The number of rotatable bonds is 2. The van der Waals surface area contributed by atoms with Crippen LogP contribution in [0.4, 0.5) is 0 Å². The SMILES string of the molecule is CC(C)(C)n1cc[n+](C(C)(C)C)c1Cc1cc[c-]cc1.[Y]. The van der Waals surface area contributed by atoms with Crippen LogP contribution >= 0.6 is 0 Å². The molecule has 1 aromatic heterocycles. The van der Waals surface area contributed by atoms with Crippen molar-refractivity contribution in [2.45, 2.75) is 59.0 Å². The van der Waals surface area contributed by atoms with Crippen molar-refractivity contribution in [1.82, 2.24) is 4.57 Å². The van der Waals surface area contributed by atoms with Crippen LogP contribution in [0.15, 0.2) is 36.7 Å². The second kappa shape index (κ2) is 6.75. The summed E-state index contributed by atoms with van der Waals surface area (Å²) >= 11 is 0. The van der Waals surface area contributed by atoms with Crippen molar-refractivity contribution in [2.24, 2.45) is 0 Å². The molecule has 0 atom stereocenters. The molecule has 0 spiro atoms. The second-order valence-corrected chi connectivity index (χ2v) is 7.38. The minimum absolute atomic E-state index is 0. The number of hydrogen-bond donors (Lipinski definition) is 0. The summed E-state index contributed by atoms with van der Waals surface area (Å²) in [5, 5.41) is 0. The summed E-state index contributed by atoms with van der Waals surface area (Å²) in [7, 11) is 0. The first-order chi connectivity index (χ1) is 9.19. The summed E-state index contributed by atoms with van der Waals surface area (Å²) in [6, 6.07) is 11.4. The Kier molecular flexibility index (Phi) is 5.97. The molecule has 1 radical (unpaired) electrons. The van der Waals surface area contributed by atoms with Gasteiger partial charge in [0.1, 0.15) is 23.5 Å². The molecule has 0 bridgehead atoms.